The molecule has 0 fully saturated rings. The van der Waals surface area contributed by atoms with E-state index in [1.807, 2.05) is 6.08 Å². The summed E-state index contributed by atoms with van der Waals surface area (Å²) in [6, 6.07) is -0.761. The standard InChI is InChI=1S/C61H115NO4/c1-3-5-7-9-11-13-15-17-19-20-21-22-23-24-25-26-27-28-29-30-31-32-33-34-35-36-37-38-39-40-41-42-44-46-48-50-52-54-58(64)56-61(66)62-59(57-63)60(65)55-53-51-49-47-45-43-18-16-14-12-10-8-6-4-2/h27-28,30-31,45,47,53,55,58-60,63-65H,3-26,29,32-44,46,48-52,54,56-57H2,1-2H3,(H,62,66)/b28-27-,31-30-,47-45+,55-53+. The Balaban J connectivity index is 3.51. The van der Waals surface area contributed by atoms with Crippen LogP contribution in [0.3, 0.4) is 0 Å². The second kappa shape index (κ2) is 55.9. The fourth-order valence-electron chi connectivity index (χ4n) is 9.10. The second-order valence-corrected chi connectivity index (χ2v) is 20.2. The molecule has 0 aromatic rings. The van der Waals surface area contributed by atoms with Gasteiger partial charge in [0.2, 0.25) is 5.91 Å². The predicted octanol–water partition coefficient (Wildman–Crippen LogP) is 18.4. The summed E-state index contributed by atoms with van der Waals surface area (Å²) in [5.41, 5.74) is 0. The second-order valence-electron chi connectivity index (χ2n) is 20.2. The minimum absolute atomic E-state index is 0.00601. The quantitative estimate of drug-likeness (QED) is 0.0361. The van der Waals surface area contributed by atoms with Crippen LogP contribution < -0.4 is 5.32 Å². The van der Waals surface area contributed by atoms with Crippen molar-refractivity contribution in [3.8, 4) is 0 Å². The van der Waals surface area contributed by atoms with E-state index in [1.165, 1.54) is 244 Å². The van der Waals surface area contributed by atoms with Crippen LogP contribution in [-0.2, 0) is 4.79 Å². The maximum absolute atomic E-state index is 12.5. The van der Waals surface area contributed by atoms with E-state index in [2.05, 4.69) is 55.6 Å². The maximum Gasteiger partial charge on any atom is 0.222 e. The molecular weight excluding hydrogens is 811 g/mol. The summed E-state index contributed by atoms with van der Waals surface area (Å²) in [5, 5.41) is 33.3. The number of amides is 1. The van der Waals surface area contributed by atoms with Gasteiger partial charge in [0.1, 0.15) is 0 Å². The maximum atomic E-state index is 12.5. The van der Waals surface area contributed by atoms with Gasteiger partial charge in [0.05, 0.1) is 31.3 Å². The SMILES string of the molecule is CCCCCCCCCC/C=C/CC/C=C/C(O)C(CO)NC(=O)CC(O)CCCCCCCCCCCCCCCCC/C=C\C/C=C\CCCCCCCCCCCCCCCCC. The minimum atomic E-state index is -0.952. The molecule has 0 aliphatic carbocycles. The topological polar surface area (TPSA) is 89.8 Å². The third-order valence-electron chi connectivity index (χ3n) is 13.6. The Kier molecular flexibility index (Phi) is 54.5. The molecule has 0 spiro atoms. The van der Waals surface area contributed by atoms with E-state index in [0.29, 0.717) is 6.42 Å². The van der Waals surface area contributed by atoms with E-state index in [4.69, 9.17) is 0 Å². The smallest absolute Gasteiger partial charge is 0.222 e. The third-order valence-corrected chi connectivity index (χ3v) is 13.6. The summed E-state index contributed by atoms with van der Waals surface area (Å²) in [5.74, 6) is -0.324. The van der Waals surface area contributed by atoms with Gasteiger partial charge in [-0.05, 0) is 64.2 Å². The molecule has 0 rings (SSSR count). The first kappa shape index (κ1) is 64.3. The molecule has 0 aliphatic heterocycles. The van der Waals surface area contributed by atoms with E-state index in [1.54, 1.807) is 6.08 Å². The summed E-state index contributed by atoms with van der Waals surface area (Å²) in [4.78, 5) is 12.5. The fourth-order valence-corrected chi connectivity index (χ4v) is 9.10. The molecule has 0 aliphatic rings. The van der Waals surface area contributed by atoms with E-state index in [-0.39, 0.29) is 18.9 Å². The van der Waals surface area contributed by atoms with Crippen LogP contribution in [0.2, 0.25) is 0 Å². The summed E-state index contributed by atoms with van der Waals surface area (Å²) < 4.78 is 0. The molecule has 0 saturated heterocycles. The van der Waals surface area contributed by atoms with Crippen molar-refractivity contribution in [3.63, 3.8) is 0 Å². The van der Waals surface area contributed by atoms with E-state index < -0.39 is 18.2 Å². The number of hydrogen-bond acceptors (Lipinski definition) is 4. The number of carbonyl (C=O) groups is 1. The number of allylic oxidation sites excluding steroid dienone is 7. The highest BCUT2D eigenvalue weighted by Crippen LogP contribution is 2.17. The number of hydrogen-bond donors (Lipinski definition) is 4. The Bertz CT molecular complexity index is 1070. The number of unbranched alkanes of at least 4 members (excludes halogenated alkanes) is 39. The van der Waals surface area contributed by atoms with E-state index >= 15 is 0 Å². The first-order chi connectivity index (χ1) is 32.5. The predicted molar refractivity (Wildman–Crippen MR) is 291 cm³/mol. The Morgan fingerprint density at radius 2 is 0.697 bits per heavy atom. The number of carbonyl (C=O) groups excluding carboxylic acids is 1. The first-order valence-corrected chi connectivity index (χ1v) is 29.4. The summed E-state index contributed by atoms with van der Waals surface area (Å²) in [7, 11) is 0. The lowest BCUT2D eigenvalue weighted by atomic mass is 10.0. The van der Waals surface area contributed by atoms with Gasteiger partial charge in [-0.1, -0.05) is 287 Å². The van der Waals surface area contributed by atoms with Crippen LogP contribution in [0.1, 0.15) is 309 Å². The monoisotopic (exact) mass is 926 g/mol. The number of rotatable bonds is 54. The van der Waals surface area contributed by atoms with Crippen molar-refractivity contribution in [2.75, 3.05) is 6.61 Å². The molecule has 4 N–H and O–H groups in total. The normalized spacial score (nSPS) is 13.6. The Morgan fingerprint density at radius 3 is 1.06 bits per heavy atom. The summed E-state index contributed by atoms with van der Waals surface area (Å²) in [6.45, 7) is 4.21. The van der Waals surface area contributed by atoms with Crippen molar-refractivity contribution >= 4 is 5.91 Å². The fraction of sp³-hybridized carbons (Fsp3) is 0.852. The van der Waals surface area contributed by atoms with Gasteiger partial charge in [0.25, 0.3) is 0 Å². The van der Waals surface area contributed by atoms with E-state index in [9.17, 15) is 20.1 Å². The Morgan fingerprint density at radius 1 is 0.394 bits per heavy atom. The van der Waals surface area contributed by atoms with Crippen molar-refractivity contribution in [3.05, 3.63) is 48.6 Å². The first-order valence-electron chi connectivity index (χ1n) is 29.4. The average molecular weight is 927 g/mol. The molecule has 388 valence electrons. The molecule has 0 aromatic heterocycles. The molecular formula is C61H115NO4. The van der Waals surface area contributed by atoms with Crippen molar-refractivity contribution in [1.29, 1.82) is 0 Å². The Labute approximate surface area is 412 Å². The van der Waals surface area contributed by atoms with Crippen LogP contribution in [0.5, 0.6) is 0 Å². The van der Waals surface area contributed by atoms with Crippen LogP contribution in [0.25, 0.3) is 0 Å². The summed E-state index contributed by atoms with van der Waals surface area (Å²) >= 11 is 0. The van der Waals surface area contributed by atoms with Crippen LogP contribution in [-0.4, -0.2) is 46.1 Å². The van der Waals surface area contributed by atoms with Crippen molar-refractivity contribution in [2.45, 2.75) is 327 Å². The molecule has 0 bridgehead atoms. The van der Waals surface area contributed by atoms with Crippen LogP contribution in [0.4, 0.5) is 0 Å². The van der Waals surface area contributed by atoms with Crippen LogP contribution in [0.15, 0.2) is 48.6 Å². The van der Waals surface area contributed by atoms with Crippen LogP contribution >= 0.6 is 0 Å². The Hall–Kier alpha value is -1.69. The highest BCUT2D eigenvalue weighted by Gasteiger charge is 2.20. The van der Waals surface area contributed by atoms with Gasteiger partial charge in [-0.2, -0.15) is 0 Å². The number of nitrogens with one attached hydrogen (secondary N) is 1. The van der Waals surface area contributed by atoms with Crippen molar-refractivity contribution < 1.29 is 20.1 Å². The molecule has 0 aromatic carbocycles. The molecule has 5 nitrogen and oxygen atoms in total. The third kappa shape index (κ3) is 51.7. The molecule has 1 amide bonds. The minimum Gasteiger partial charge on any atom is -0.394 e. The molecule has 0 heterocycles. The van der Waals surface area contributed by atoms with Gasteiger partial charge < -0.3 is 20.6 Å². The number of aliphatic hydroxyl groups is 3. The van der Waals surface area contributed by atoms with Gasteiger partial charge in [-0.15, -0.1) is 0 Å². The van der Waals surface area contributed by atoms with Crippen LogP contribution in [0, 0.1) is 0 Å². The zero-order chi connectivity index (χ0) is 47.9. The van der Waals surface area contributed by atoms with Crippen molar-refractivity contribution in [2.24, 2.45) is 0 Å². The largest absolute Gasteiger partial charge is 0.394 e. The molecule has 0 radical (unpaired) electrons. The molecule has 3 atom stereocenters. The molecule has 5 heteroatoms. The molecule has 3 unspecified atom stereocenters. The molecule has 0 saturated carbocycles. The van der Waals surface area contributed by atoms with Gasteiger partial charge in [-0.25, -0.2) is 0 Å². The average Bonchev–Trinajstić information content (AvgIpc) is 3.31. The van der Waals surface area contributed by atoms with Gasteiger partial charge >= 0.3 is 0 Å². The lowest BCUT2D eigenvalue weighted by Gasteiger charge is -2.21. The lowest BCUT2D eigenvalue weighted by molar-refractivity contribution is -0.124. The van der Waals surface area contributed by atoms with Gasteiger partial charge in [0, 0.05) is 0 Å². The molecule has 66 heavy (non-hydrogen) atoms. The zero-order valence-electron chi connectivity index (χ0n) is 44.3. The van der Waals surface area contributed by atoms with Gasteiger partial charge in [-0.3, -0.25) is 4.79 Å². The highest BCUT2D eigenvalue weighted by molar-refractivity contribution is 5.76. The number of aliphatic hydroxyl groups excluding tert-OH is 3. The van der Waals surface area contributed by atoms with Gasteiger partial charge in [0.15, 0.2) is 0 Å². The van der Waals surface area contributed by atoms with Crippen molar-refractivity contribution in [1.82, 2.24) is 5.32 Å². The highest BCUT2D eigenvalue weighted by atomic mass is 16.3. The lowest BCUT2D eigenvalue weighted by Crippen LogP contribution is -2.45. The summed E-state index contributed by atoms with van der Waals surface area (Å²) in [6.07, 6.45) is 74.7. The van der Waals surface area contributed by atoms with E-state index in [0.717, 1.165) is 38.5 Å². The zero-order valence-corrected chi connectivity index (χ0v) is 44.3.